The monoisotopic (exact) mass is 460 g/mol. The van der Waals surface area contributed by atoms with Crippen molar-refractivity contribution in [3.63, 3.8) is 0 Å². The number of aryl methyl sites for hydroxylation is 1. The third kappa shape index (κ3) is 4.23. The molecule has 2 aromatic carbocycles. The Bertz CT molecular complexity index is 1230. The number of ether oxygens (including phenoxy) is 1. The zero-order valence-electron chi connectivity index (χ0n) is 19.1. The second kappa shape index (κ2) is 9.21. The number of imide groups is 1. The van der Waals surface area contributed by atoms with Gasteiger partial charge in [0.15, 0.2) is 0 Å². The number of aromatic amines is 1. The number of fused-ring (bicyclic) bond motifs is 3. The van der Waals surface area contributed by atoms with Gasteiger partial charge in [-0.2, -0.15) is 0 Å². The van der Waals surface area contributed by atoms with Crippen LogP contribution in [0.25, 0.3) is 10.9 Å². The quantitative estimate of drug-likeness (QED) is 0.469. The summed E-state index contributed by atoms with van der Waals surface area (Å²) in [7, 11) is 1.58. The maximum absolute atomic E-state index is 12.8. The molecule has 2 heterocycles. The minimum absolute atomic E-state index is 0.0657. The lowest BCUT2D eigenvalue weighted by Crippen LogP contribution is -2.34. The Morgan fingerprint density at radius 2 is 1.94 bits per heavy atom. The van der Waals surface area contributed by atoms with Crippen molar-refractivity contribution in [2.75, 3.05) is 7.11 Å². The molecule has 0 saturated carbocycles. The van der Waals surface area contributed by atoms with E-state index in [2.05, 4.69) is 27.8 Å². The van der Waals surface area contributed by atoms with Gasteiger partial charge in [0, 0.05) is 23.0 Å². The van der Waals surface area contributed by atoms with Gasteiger partial charge in [0.05, 0.1) is 19.7 Å². The van der Waals surface area contributed by atoms with Crippen LogP contribution < -0.4 is 15.4 Å². The second-order valence-corrected chi connectivity index (χ2v) is 8.89. The van der Waals surface area contributed by atoms with Gasteiger partial charge in [-0.25, -0.2) is 4.79 Å². The van der Waals surface area contributed by atoms with Gasteiger partial charge in [-0.1, -0.05) is 30.3 Å². The van der Waals surface area contributed by atoms with Gasteiger partial charge in [0.25, 0.3) is 5.91 Å². The maximum atomic E-state index is 12.8. The highest BCUT2D eigenvalue weighted by Crippen LogP contribution is 2.34. The highest BCUT2D eigenvalue weighted by Gasteiger charge is 2.38. The number of urea groups is 1. The molecule has 4 amide bonds. The van der Waals surface area contributed by atoms with Crippen molar-refractivity contribution in [3.8, 4) is 5.75 Å². The van der Waals surface area contributed by atoms with E-state index in [-0.39, 0.29) is 37.2 Å². The molecule has 0 bridgehead atoms. The van der Waals surface area contributed by atoms with E-state index in [9.17, 15) is 14.4 Å². The van der Waals surface area contributed by atoms with Crippen molar-refractivity contribution < 1.29 is 19.1 Å². The SMILES string of the molecule is COc1ccc(CN2C(=O)N[C@@H](CCC(=O)N[C@H]3CCCc4c3[nH]c3ccccc43)C2=O)cc1. The molecule has 8 heteroatoms. The van der Waals surface area contributed by atoms with E-state index in [1.54, 1.807) is 19.2 Å². The normalized spacial score (nSPS) is 19.7. The molecule has 3 aromatic rings. The molecule has 8 nitrogen and oxygen atoms in total. The minimum Gasteiger partial charge on any atom is -0.497 e. The summed E-state index contributed by atoms with van der Waals surface area (Å²) in [6, 6.07) is 14.2. The third-order valence-corrected chi connectivity index (χ3v) is 6.72. The van der Waals surface area contributed by atoms with Gasteiger partial charge in [0.2, 0.25) is 5.91 Å². The number of nitrogens with one attached hydrogen (secondary N) is 3. The van der Waals surface area contributed by atoms with E-state index >= 15 is 0 Å². The molecule has 1 aliphatic carbocycles. The summed E-state index contributed by atoms with van der Waals surface area (Å²) < 4.78 is 5.14. The number of rotatable bonds is 7. The van der Waals surface area contributed by atoms with Crippen LogP contribution in [0.4, 0.5) is 4.79 Å². The van der Waals surface area contributed by atoms with Crippen LogP contribution in [-0.2, 0) is 22.6 Å². The standard InChI is InChI=1S/C26H28N4O4/c1-34-17-11-9-16(10-12-17)15-30-25(32)22(29-26(30)33)13-14-23(31)27-21-8-4-6-19-18-5-2-3-7-20(18)28-24(19)21/h2-3,5,7,9-12,21-22,28H,4,6,8,13-15H2,1H3,(H,27,31)(H,29,33)/t21-,22-/m0/s1. The van der Waals surface area contributed by atoms with Gasteiger partial charge in [-0.3, -0.25) is 14.5 Å². The van der Waals surface area contributed by atoms with Gasteiger partial charge >= 0.3 is 6.03 Å². The lowest BCUT2D eigenvalue weighted by molar-refractivity contribution is -0.128. The zero-order valence-corrected chi connectivity index (χ0v) is 19.1. The number of carbonyl (C=O) groups excluding carboxylic acids is 3. The number of methoxy groups -OCH3 is 1. The molecular weight excluding hydrogens is 432 g/mol. The average Bonchev–Trinajstić information content (AvgIpc) is 3.36. The van der Waals surface area contributed by atoms with E-state index in [1.807, 2.05) is 24.3 Å². The Hall–Kier alpha value is -3.81. The molecule has 1 saturated heterocycles. The molecule has 0 radical (unpaired) electrons. The maximum Gasteiger partial charge on any atom is 0.325 e. The number of amides is 4. The number of hydrogen-bond donors (Lipinski definition) is 3. The number of H-pyrrole nitrogens is 1. The summed E-state index contributed by atoms with van der Waals surface area (Å²) in [6.45, 7) is 0.183. The summed E-state index contributed by atoms with van der Waals surface area (Å²) in [5.74, 6) is 0.290. The molecule has 1 aromatic heterocycles. The number of para-hydroxylation sites is 1. The number of benzene rings is 2. The highest BCUT2D eigenvalue weighted by molar-refractivity contribution is 6.04. The van der Waals surface area contributed by atoms with Crippen molar-refractivity contribution >= 4 is 28.7 Å². The van der Waals surface area contributed by atoms with E-state index in [0.29, 0.717) is 5.75 Å². The summed E-state index contributed by atoms with van der Waals surface area (Å²) in [6.07, 6.45) is 3.32. The molecule has 0 spiro atoms. The fourth-order valence-electron chi connectivity index (χ4n) is 4.94. The Labute approximate surface area is 197 Å². The summed E-state index contributed by atoms with van der Waals surface area (Å²) in [5, 5.41) is 7.06. The fourth-order valence-corrected chi connectivity index (χ4v) is 4.94. The Morgan fingerprint density at radius 3 is 2.74 bits per heavy atom. The lowest BCUT2D eigenvalue weighted by Gasteiger charge is -2.24. The summed E-state index contributed by atoms with van der Waals surface area (Å²) in [5.41, 5.74) is 4.27. The lowest BCUT2D eigenvalue weighted by atomic mass is 9.91. The van der Waals surface area contributed by atoms with Gasteiger partial charge in [-0.15, -0.1) is 0 Å². The summed E-state index contributed by atoms with van der Waals surface area (Å²) in [4.78, 5) is 42.6. The Balaban J connectivity index is 1.18. The van der Waals surface area contributed by atoms with Crippen molar-refractivity contribution in [2.45, 2.75) is 50.7 Å². The van der Waals surface area contributed by atoms with Crippen LogP contribution in [0.5, 0.6) is 5.75 Å². The van der Waals surface area contributed by atoms with Crippen LogP contribution in [0.15, 0.2) is 48.5 Å². The first-order valence-electron chi connectivity index (χ1n) is 11.7. The molecule has 176 valence electrons. The predicted octanol–water partition coefficient (Wildman–Crippen LogP) is 3.57. The van der Waals surface area contributed by atoms with E-state index < -0.39 is 12.1 Å². The first-order chi connectivity index (χ1) is 16.5. The number of aromatic nitrogens is 1. The second-order valence-electron chi connectivity index (χ2n) is 8.89. The van der Waals surface area contributed by atoms with Gasteiger partial charge in [0.1, 0.15) is 11.8 Å². The smallest absolute Gasteiger partial charge is 0.325 e. The number of carbonyl (C=O) groups is 3. The molecule has 1 aliphatic heterocycles. The summed E-state index contributed by atoms with van der Waals surface area (Å²) >= 11 is 0. The highest BCUT2D eigenvalue weighted by atomic mass is 16.5. The van der Waals surface area contributed by atoms with Gasteiger partial charge < -0.3 is 20.4 Å². The molecule has 5 rings (SSSR count). The Morgan fingerprint density at radius 1 is 1.15 bits per heavy atom. The molecule has 0 unspecified atom stereocenters. The molecule has 3 N–H and O–H groups in total. The van der Waals surface area contributed by atoms with Crippen molar-refractivity contribution in [3.05, 3.63) is 65.4 Å². The van der Waals surface area contributed by atoms with Crippen LogP contribution >= 0.6 is 0 Å². The van der Waals surface area contributed by atoms with Crippen LogP contribution in [0.3, 0.4) is 0 Å². The van der Waals surface area contributed by atoms with E-state index in [4.69, 9.17) is 4.74 Å². The van der Waals surface area contributed by atoms with E-state index in [1.165, 1.54) is 15.8 Å². The van der Waals surface area contributed by atoms with Crippen molar-refractivity contribution in [2.24, 2.45) is 0 Å². The average molecular weight is 461 g/mol. The van der Waals surface area contributed by atoms with Gasteiger partial charge in [-0.05, 0) is 55.0 Å². The van der Waals surface area contributed by atoms with Crippen LogP contribution in [0.2, 0.25) is 0 Å². The Kier molecular flexibility index (Phi) is 5.96. The molecule has 2 atom stereocenters. The van der Waals surface area contributed by atoms with Crippen molar-refractivity contribution in [1.82, 2.24) is 20.5 Å². The fraction of sp³-hybridized carbons (Fsp3) is 0.346. The van der Waals surface area contributed by atoms with Crippen LogP contribution in [0, 0.1) is 0 Å². The molecule has 1 fully saturated rings. The van der Waals surface area contributed by atoms with Crippen molar-refractivity contribution in [1.29, 1.82) is 0 Å². The minimum atomic E-state index is -0.688. The number of hydrogen-bond acceptors (Lipinski definition) is 4. The molecule has 34 heavy (non-hydrogen) atoms. The first kappa shape index (κ1) is 22.0. The van der Waals surface area contributed by atoms with Crippen LogP contribution in [0.1, 0.15) is 48.5 Å². The first-order valence-corrected chi connectivity index (χ1v) is 11.7. The topological polar surface area (TPSA) is 104 Å². The zero-order chi connectivity index (χ0) is 23.7. The van der Waals surface area contributed by atoms with E-state index in [0.717, 1.165) is 36.0 Å². The third-order valence-electron chi connectivity index (χ3n) is 6.72. The number of nitrogens with zero attached hydrogens (tertiary/aromatic N) is 1. The predicted molar refractivity (Wildman–Crippen MR) is 127 cm³/mol. The molecular formula is C26H28N4O4. The van der Waals surface area contributed by atoms with Crippen LogP contribution in [-0.4, -0.2) is 40.9 Å². The molecule has 2 aliphatic rings. The largest absolute Gasteiger partial charge is 0.497 e.